The number of imide groups is 2. The third kappa shape index (κ3) is 10.2. The second kappa shape index (κ2) is 18.2. The Kier molecular flexibility index (Phi) is 15.4. The second-order valence-corrected chi connectivity index (χ2v) is 10.8. The average Bonchev–Trinajstić information content (AvgIpc) is 3.53. The lowest BCUT2D eigenvalue weighted by Gasteiger charge is -2.43. The SMILES string of the molecule is C.COCC1OC(OCC2OC(C)C(OC(=O)CCN3C(=O)C=CC3=O)C(O)C2O)C(O)C(O)C1O.O=C(O)CCN1C(=O)C=CC1=O. The summed E-state index contributed by atoms with van der Waals surface area (Å²) in [6.07, 6.45) is -9.35. The topological polar surface area (TPSA) is 276 Å². The molecule has 4 aliphatic rings. The molecule has 6 N–H and O–H groups in total. The van der Waals surface area contributed by atoms with Crippen molar-refractivity contribution >= 4 is 35.6 Å². The Labute approximate surface area is 274 Å². The van der Waals surface area contributed by atoms with E-state index in [0.717, 1.165) is 34.1 Å². The van der Waals surface area contributed by atoms with Crippen molar-refractivity contribution in [1.29, 1.82) is 0 Å². The van der Waals surface area contributed by atoms with Gasteiger partial charge in [-0.15, -0.1) is 0 Å². The number of esters is 1. The summed E-state index contributed by atoms with van der Waals surface area (Å²) < 4.78 is 26.6. The van der Waals surface area contributed by atoms with Gasteiger partial charge in [0, 0.05) is 44.5 Å². The average molecular weight is 691 g/mol. The van der Waals surface area contributed by atoms with Gasteiger partial charge in [-0.05, 0) is 6.92 Å². The van der Waals surface area contributed by atoms with Crippen LogP contribution >= 0.6 is 0 Å². The Morgan fingerprint density at radius 2 is 1.21 bits per heavy atom. The molecule has 0 radical (unpaired) electrons. The fraction of sp³-hybridized carbons (Fsp3) is 0.655. The van der Waals surface area contributed by atoms with Gasteiger partial charge in [-0.2, -0.15) is 0 Å². The Morgan fingerprint density at radius 3 is 1.71 bits per heavy atom. The molecule has 2 saturated heterocycles. The van der Waals surface area contributed by atoms with Crippen molar-refractivity contribution in [3.05, 3.63) is 24.3 Å². The molecule has 0 aliphatic carbocycles. The van der Waals surface area contributed by atoms with Gasteiger partial charge in [-0.25, -0.2) is 0 Å². The molecule has 2 fully saturated rings. The van der Waals surface area contributed by atoms with E-state index in [0.29, 0.717) is 0 Å². The summed E-state index contributed by atoms with van der Waals surface area (Å²) in [5, 5.41) is 59.4. The van der Waals surface area contributed by atoms with Crippen LogP contribution in [-0.2, 0) is 52.5 Å². The van der Waals surface area contributed by atoms with Gasteiger partial charge in [-0.3, -0.25) is 38.6 Å². The Hall–Kier alpha value is -3.66. The summed E-state index contributed by atoms with van der Waals surface area (Å²) in [6, 6.07) is 0. The Bertz CT molecular complexity index is 1200. The van der Waals surface area contributed by atoms with E-state index in [1.807, 2.05) is 0 Å². The molecule has 19 nitrogen and oxygen atoms in total. The minimum atomic E-state index is -1.60. The van der Waals surface area contributed by atoms with Crippen LogP contribution in [-0.4, -0.2) is 171 Å². The van der Waals surface area contributed by atoms with E-state index in [2.05, 4.69) is 0 Å². The highest BCUT2D eigenvalue weighted by Gasteiger charge is 2.47. The third-order valence-electron chi connectivity index (χ3n) is 7.50. The molecule has 0 saturated carbocycles. The fourth-order valence-corrected chi connectivity index (χ4v) is 4.90. The molecule has 4 heterocycles. The zero-order valence-electron chi connectivity index (χ0n) is 25.4. The van der Waals surface area contributed by atoms with Crippen LogP contribution in [0.5, 0.6) is 0 Å². The summed E-state index contributed by atoms with van der Waals surface area (Å²) in [4.78, 5) is 68.8. The number of amides is 4. The molecular formula is C29H42N2O17. The van der Waals surface area contributed by atoms with E-state index in [-0.39, 0.29) is 46.6 Å². The maximum Gasteiger partial charge on any atom is 0.308 e. The van der Waals surface area contributed by atoms with E-state index in [4.69, 9.17) is 28.8 Å². The highest BCUT2D eigenvalue weighted by molar-refractivity contribution is 6.13. The predicted octanol–water partition coefficient (Wildman–Crippen LogP) is -3.78. The first kappa shape index (κ1) is 40.5. The number of aliphatic carboxylic acids is 1. The van der Waals surface area contributed by atoms with Crippen LogP contribution in [0.2, 0.25) is 0 Å². The highest BCUT2D eigenvalue weighted by atomic mass is 16.7. The second-order valence-electron chi connectivity index (χ2n) is 10.8. The van der Waals surface area contributed by atoms with Crippen LogP contribution in [0.4, 0.5) is 0 Å². The van der Waals surface area contributed by atoms with E-state index >= 15 is 0 Å². The number of rotatable bonds is 12. The summed E-state index contributed by atoms with van der Waals surface area (Å²) in [6.45, 7) is 0.791. The number of hydrogen-bond acceptors (Lipinski definition) is 16. The number of aliphatic hydroxyl groups excluding tert-OH is 5. The zero-order chi connectivity index (χ0) is 35.0. The standard InChI is InChI=1S/C21H31NO13.C7H7NO4.CH4/c1-9-20(35-14(25)5-6-22-12(23)3-4-13(22)24)18(29)16(27)11(33-9)8-32-21-19(30)17(28)15(26)10(34-21)7-31-2;9-5-1-2-6(10)8(5)4-3-7(11)12;/h3-4,9-11,15-21,26-30H,5-8H2,1-2H3;1-2H,3-4H2,(H,11,12);1H4. The molecule has 0 aromatic carbocycles. The summed E-state index contributed by atoms with van der Waals surface area (Å²) in [7, 11) is 1.37. The van der Waals surface area contributed by atoms with E-state index in [1.165, 1.54) is 14.0 Å². The molecule has 48 heavy (non-hydrogen) atoms. The van der Waals surface area contributed by atoms with Crippen molar-refractivity contribution in [3.63, 3.8) is 0 Å². The number of hydrogen-bond donors (Lipinski definition) is 6. The van der Waals surface area contributed by atoms with E-state index in [1.54, 1.807) is 0 Å². The Balaban J connectivity index is 0.000000519. The number of carbonyl (C=O) groups is 6. The third-order valence-corrected chi connectivity index (χ3v) is 7.50. The number of carboxylic acids is 1. The van der Waals surface area contributed by atoms with E-state index < -0.39 is 96.8 Å². The van der Waals surface area contributed by atoms with Crippen molar-refractivity contribution in [2.75, 3.05) is 33.4 Å². The van der Waals surface area contributed by atoms with Gasteiger partial charge in [0.15, 0.2) is 12.4 Å². The molecule has 4 rings (SSSR count). The van der Waals surface area contributed by atoms with Crippen LogP contribution in [0.1, 0.15) is 27.2 Å². The number of ether oxygens (including phenoxy) is 5. The minimum absolute atomic E-state index is 0. The predicted molar refractivity (Wildman–Crippen MR) is 156 cm³/mol. The molecule has 0 aromatic heterocycles. The summed E-state index contributed by atoms with van der Waals surface area (Å²) >= 11 is 0. The molecule has 4 amide bonds. The van der Waals surface area contributed by atoms with Crippen LogP contribution in [0.25, 0.3) is 0 Å². The number of methoxy groups -OCH3 is 1. The van der Waals surface area contributed by atoms with Crippen LogP contribution in [0, 0.1) is 0 Å². The summed E-state index contributed by atoms with van der Waals surface area (Å²) in [5.41, 5.74) is 0. The van der Waals surface area contributed by atoms with Gasteiger partial charge in [0.1, 0.15) is 42.7 Å². The zero-order valence-corrected chi connectivity index (χ0v) is 25.4. The number of carbonyl (C=O) groups excluding carboxylic acids is 5. The van der Waals surface area contributed by atoms with Gasteiger partial charge < -0.3 is 54.3 Å². The quantitative estimate of drug-likeness (QED) is 0.0846. The van der Waals surface area contributed by atoms with Crippen LogP contribution in [0.3, 0.4) is 0 Å². The van der Waals surface area contributed by atoms with Gasteiger partial charge in [0.2, 0.25) is 0 Å². The first-order chi connectivity index (χ1) is 22.2. The first-order valence-electron chi connectivity index (χ1n) is 14.5. The molecule has 19 heteroatoms. The number of carboxylic acid groups (broad SMARTS) is 1. The smallest absolute Gasteiger partial charge is 0.308 e. The molecule has 270 valence electrons. The van der Waals surface area contributed by atoms with Crippen molar-refractivity contribution in [3.8, 4) is 0 Å². The fourth-order valence-electron chi connectivity index (χ4n) is 4.90. The monoisotopic (exact) mass is 690 g/mol. The minimum Gasteiger partial charge on any atom is -0.481 e. The largest absolute Gasteiger partial charge is 0.481 e. The molecule has 0 aromatic rings. The van der Waals surface area contributed by atoms with Gasteiger partial charge >= 0.3 is 11.9 Å². The lowest BCUT2D eigenvalue weighted by Crippen LogP contribution is -2.61. The molecule has 0 spiro atoms. The molecule has 4 aliphatic heterocycles. The maximum absolute atomic E-state index is 12.2. The number of nitrogens with zero attached hydrogens (tertiary/aromatic N) is 2. The molecule has 10 unspecified atom stereocenters. The van der Waals surface area contributed by atoms with Crippen LogP contribution in [0.15, 0.2) is 24.3 Å². The van der Waals surface area contributed by atoms with Crippen molar-refractivity contribution in [2.24, 2.45) is 0 Å². The highest BCUT2D eigenvalue weighted by Crippen LogP contribution is 2.27. The lowest BCUT2D eigenvalue weighted by atomic mass is 9.95. The lowest BCUT2D eigenvalue weighted by molar-refractivity contribution is -0.314. The first-order valence-corrected chi connectivity index (χ1v) is 14.5. The molecular weight excluding hydrogens is 648 g/mol. The normalized spacial score (nSPS) is 33.0. The molecule has 10 atom stereocenters. The van der Waals surface area contributed by atoms with Gasteiger partial charge in [-0.1, -0.05) is 7.43 Å². The van der Waals surface area contributed by atoms with Crippen molar-refractivity contribution in [1.82, 2.24) is 9.80 Å². The van der Waals surface area contributed by atoms with E-state index in [9.17, 15) is 54.3 Å². The Morgan fingerprint density at radius 1 is 0.729 bits per heavy atom. The molecule has 0 bridgehead atoms. The number of aliphatic hydroxyl groups is 5. The van der Waals surface area contributed by atoms with Gasteiger partial charge in [0.05, 0.1) is 32.2 Å². The van der Waals surface area contributed by atoms with Crippen molar-refractivity contribution < 1.29 is 83.1 Å². The van der Waals surface area contributed by atoms with Gasteiger partial charge in [0.25, 0.3) is 23.6 Å². The summed E-state index contributed by atoms with van der Waals surface area (Å²) in [5.74, 6) is -3.81. The van der Waals surface area contributed by atoms with Crippen LogP contribution < -0.4 is 0 Å². The maximum atomic E-state index is 12.2. The van der Waals surface area contributed by atoms with Crippen molar-refractivity contribution in [2.45, 2.75) is 88.4 Å².